The first-order valence-corrected chi connectivity index (χ1v) is 9.87. The van der Waals surface area contributed by atoms with Gasteiger partial charge in [0.05, 0.1) is 17.0 Å². The molecule has 1 aromatic heterocycles. The van der Waals surface area contributed by atoms with E-state index in [2.05, 4.69) is 14.6 Å². The summed E-state index contributed by atoms with van der Waals surface area (Å²) in [4.78, 5) is 16.0. The van der Waals surface area contributed by atoms with Crippen molar-refractivity contribution in [2.45, 2.75) is 37.1 Å². The van der Waals surface area contributed by atoms with E-state index in [0.29, 0.717) is 17.6 Å². The number of aromatic nitrogens is 1. The number of sulfonamides is 1. The summed E-state index contributed by atoms with van der Waals surface area (Å²) in [6.07, 6.45) is 3.09. The molecule has 0 saturated carbocycles. The largest absolute Gasteiger partial charge is 0.417 e. The molecule has 0 amide bonds. The van der Waals surface area contributed by atoms with E-state index in [-0.39, 0.29) is 29.7 Å². The summed E-state index contributed by atoms with van der Waals surface area (Å²) < 4.78 is 32.7. The van der Waals surface area contributed by atoms with E-state index in [9.17, 15) is 18.3 Å². The predicted octanol–water partition coefficient (Wildman–Crippen LogP) is 0.555. The maximum Gasteiger partial charge on any atom is 0.417 e. The second-order valence-corrected chi connectivity index (χ2v) is 8.13. The van der Waals surface area contributed by atoms with Crippen LogP contribution in [0.2, 0.25) is 0 Å². The van der Waals surface area contributed by atoms with Gasteiger partial charge >= 0.3 is 5.76 Å². The number of benzene rings is 1. The monoisotopic (exact) mass is 369 g/mol. The number of aromatic amines is 1. The zero-order valence-corrected chi connectivity index (χ0v) is 14.9. The Labute approximate surface area is 145 Å². The number of H-pyrrole nitrogens is 1. The first-order valence-electron chi connectivity index (χ1n) is 8.39. The van der Waals surface area contributed by atoms with Gasteiger partial charge in [-0.1, -0.05) is 6.42 Å². The van der Waals surface area contributed by atoms with Crippen LogP contribution in [0.4, 0.5) is 0 Å². The highest BCUT2D eigenvalue weighted by Gasteiger charge is 2.23. The van der Waals surface area contributed by atoms with Crippen molar-refractivity contribution in [2.24, 2.45) is 0 Å². The average Bonchev–Trinajstić information content (AvgIpc) is 2.93. The van der Waals surface area contributed by atoms with Crippen LogP contribution in [0.3, 0.4) is 0 Å². The number of fused-ring (bicyclic) bond motifs is 1. The fourth-order valence-corrected chi connectivity index (χ4v) is 4.60. The van der Waals surface area contributed by atoms with Crippen LogP contribution in [0, 0.1) is 6.92 Å². The molecule has 1 aromatic carbocycles. The molecule has 1 saturated heterocycles. The number of hydrogen-bond acceptors (Lipinski definition) is 6. The van der Waals surface area contributed by atoms with E-state index in [1.807, 2.05) is 0 Å². The van der Waals surface area contributed by atoms with Crippen molar-refractivity contribution in [1.82, 2.24) is 14.6 Å². The summed E-state index contributed by atoms with van der Waals surface area (Å²) >= 11 is 0. The molecule has 0 bridgehead atoms. The van der Waals surface area contributed by atoms with Crippen LogP contribution in [0.1, 0.15) is 24.8 Å². The fraction of sp³-hybridized carbons (Fsp3) is 0.562. The molecular weight excluding hydrogens is 346 g/mol. The van der Waals surface area contributed by atoms with E-state index in [4.69, 9.17) is 4.42 Å². The van der Waals surface area contributed by atoms with Crippen molar-refractivity contribution in [3.05, 3.63) is 28.2 Å². The number of piperidine rings is 1. The van der Waals surface area contributed by atoms with Gasteiger partial charge in [0.1, 0.15) is 0 Å². The average molecular weight is 369 g/mol. The van der Waals surface area contributed by atoms with Crippen molar-refractivity contribution in [2.75, 3.05) is 26.2 Å². The molecule has 1 aliphatic heterocycles. The zero-order valence-electron chi connectivity index (χ0n) is 14.1. The first-order chi connectivity index (χ1) is 11.9. The molecule has 1 atom stereocenters. The molecule has 3 N–H and O–H groups in total. The smallest absolute Gasteiger partial charge is 0.408 e. The van der Waals surface area contributed by atoms with E-state index >= 15 is 0 Å². The van der Waals surface area contributed by atoms with Gasteiger partial charge in [0.15, 0.2) is 5.58 Å². The fourth-order valence-electron chi connectivity index (χ4n) is 3.34. The Balaban J connectivity index is 1.71. The molecule has 0 unspecified atom stereocenters. The second-order valence-electron chi connectivity index (χ2n) is 6.39. The Hall–Kier alpha value is -1.68. The highest BCUT2D eigenvalue weighted by Crippen LogP contribution is 2.21. The highest BCUT2D eigenvalue weighted by atomic mass is 32.2. The normalized spacial score (nSPS) is 19.5. The van der Waals surface area contributed by atoms with Gasteiger partial charge in [0.25, 0.3) is 0 Å². The van der Waals surface area contributed by atoms with Crippen LogP contribution in [-0.2, 0) is 10.0 Å². The van der Waals surface area contributed by atoms with Gasteiger partial charge in [-0.25, -0.2) is 17.9 Å². The van der Waals surface area contributed by atoms with E-state index in [0.717, 1.165) is 25.8 Å². The van der Waals surface area contributed by atoms with Gasteiger partial charge in [-0.15, -0.1) is 0 Å². The number of hydrogen-bond donors (Lipinski definition) is 3. The number of oxazole rings is 1. The third-order valence-electron chi connectivity index (χ3n) is 4.66. The van der Waals surface area contributed by atoms with Crippen LogP contribution in [0.25, 0.3) is 11.1 Å². The number of aryl methyl sites for hydroxylation is 1. The van der Waals surface area contributed by atoms with Crippen molar-refractivity contribution >= 4 is 21.1 Å². The lowest BCUT2D eigenvalue weighted by Gasteiger charge is -2.34. The Morgan fingerprint density at radius 3 is 2.96 bits per heavy atom. The molecule has 0 spiro atoms. The first kappa shape index (κ1) is 18.1. The van der Waals surface area contributed by atoms with E-state index in [1.165, 1.54) is 6.07 Å². The third-order valence-corrected chi connectivity index (χ3v) is 6.26. The van der Waals surface area contributed by atoms with E-state index < -0.39 is 15.8 Å². The maximum absolute atomic E-state index is 12.6. The number of aliphatic hydroxyl groups is 1. The Morgan fingerprint density at radius 2 is 2.20 bits per heavy atom. The van der Waals surface area contributed by atoms with Crippen LogP contribution in [0.5, 0.6) is 0 Å². The number of nitrogens with zero attached hydrogens (tertiary/aromatic N) is 1. The van der Waals surface area contributed by atoms with Gasteiger partial charge in [-0.3, -0.25) is 9.88 Å². The van der Waals surface area contributed by atoms with Crippen LogP contribution in [-0.4, -0.2) is 55.7 Å². The van der Waals surface area contributed by atoms with Crippen molar-refractivity contribution in [3.63, 3.8) is 0 Å². The molecule has 1 fully saturated rings. The maximum atomic E-state index is 12.6. The minimum Gasteiger partial charge on any atom is -0.408 e. The molecular formula is C16H23N3O5S. The van der Waals surface area contributed by atoms with Gasteiger partial charge in [0.2, 0.25) is 10.0 Å². The highest BCUT2D eigenvalue weighted by molar-refractivity contribution is 7.89. The lowest BCUT2D eigenvalue weighted by Crippen LogP contribution is -2.45. The summed E-state index contributed by atoms with van der Waals surface area (Å²) in [6, 6.07) is 3.05. The quantitative estimate of drug-likeness (QED) is 0.685. The summed E-state index contributed by atoms with van der Waals surface area (Å²) in [5, 5.41) is 9.42. The topological polar surface area (TPSA) is 116 Å². The molecule has 25 heavy (non-hydrogen) atoms. The molecule has 9 heteroatoms. The predicted molar refractivity (Wildman–Crippen MR) is 93.1 cm³/mol. The summed E-state index contributed by atoms with van der Waals surface area (Å²) in [5.74, 6) is -0.614. The second kappa shape index (κ2) is 7.28. The van der Waals surface area contributed by atoms with Gasteiger partial charge in [-0.05, 0) is 37.9 Å². The number of nitrogens with one attached hydrogen (secondary N) is 2. The standard InChI is InChI=1S/C16H23N3O5S/c1-11-8-13-14(24-16(21)18-13)9-15(11)25(22,23)17-5-7-19-6-3-2-4-12(19)10-20/h8-9,12,17,20H,2-7,10H2,1H3,(H,18,21)/t12-/m0/s1. The lowest BCUT2D eigenvalue weighted by atomic mass is 10.0. The number of likely N-dealkylation sites (tertiary alicyclic amines) is 1. The minimum absolute atomic E-state index is 0.0923. The molecule has 2 heterocycles. The van der Waals surface area contributed by atoms with Crippen LogP contribution < -0.4 is 10.5 Å². The molecule has 0 aliphatic carbocycles. The van der Waals surface area contributed by atoms with Crippen LogP contribution in [0.15, 0.2) is 26.2 Å². The molecule has 3 rings (SSSR count). The van der Waals surface area contributed by atoms with Crippen molar-refractivity contribution < 1.29 is 17.9 Å². The molecule has 138 valence electrons. The third kappa shape index (κ3) is 3.95. The SMILES string of the molecule is Cc1cc2[nH]c(=O)oc2cc1S(=O)(=O)NCCN1CCCC[C@H]1CO. The van der Waals surface area contributed by atoms with Crippen LogP contribution >= 0.6 is 0 Å². The van der Waals surface area contributed by atoms with Gasteiger partial charge in [0, 0.05) is 25.2 Å². The Kier molecular flexibility index (Phi) is 5.28. The molecule has 8 nitrogen and oxygen atoms in total. The lowest BCUT2D eigenvalue weighted by molar-refractivity contribution is 0.0923. The minimum atomic E-state index is -3.71. The van der Waals surface area contributed by atoms with Crippen molar-refractivity contribution in [3.8, 4) is 0 Å². The van der Waals surface area contributed by atoms with Gasteiger partial charge in [-0.2, -0.15) is 0 Å². The zero-order chi connectivity index (χ0) is 18.0. The molecule has 0 radical (unpaired) electrons. The molecule has 1 aliphatic rings. The number of rotatable bonds is 6. The van der Waals surface area contributed by atoms with Crippen molar-refractivity contribution in [1.29, 1.82) is 0 Å². The van der Waals surface area contributed by atoms with Gasteiger partial charge < -0.3 is 9.52 Å². The summed E-state index contributed by atoms with van der Waals surface area (Å²) in [7, 11) is -3.71. The summed E-state index contributed by atoms with van der Waals surface area (Å²) in [5.41, 5.74) is 1.22. The number of aliphatic hydroxyl groups excluding tert-OH is 1. The van der Waals surface area contributed by atoms with E-state index in [1.54, 1.807) is 13.0 Å². The molecule has 2 aromatic rings. The Morgan fingerprint density at radius 1 is 1.40 bits per heavy atom. The summed E-state index contributed by atoms with van der Waals surface area (Å²) in [6.45, 7) is 3.44. The Bertz CT molecular complexity index is 902.